The summed E-state index contributed by atoms with van der Waals surface area (Å²) in [5.41, 5.74) is 0. The number of hydrogen-bond acceptors (Lipinski definition) is 2. The van der Waals surface area contributed by atoms with Gasteiger partial charge in [-0.1, -0.05) is 21.9 Å². The number of esters is 1. The van der Waals surface area contributed by atoms with E-state index in [4.69, 9.17) is 0 Å². The van der Waals surface area contributed by atoms with E-state index in [1.54, 1.807) is 6.92 Å². The second kappa shape index (κ2) is 4.66. The maximum absolute atomic E-state index is 10.2. The van der Waals surface area contributed by atoms with Gasteiger partial charge in [0.2, 0.25) is 0 Å². The fourth-order valence-electron chi connectivity index (χ4n) is 0.135. The summed E-state index contributed by atoms with van der Waals surface area (Å²) in [7, 11) is 0. The van der Waals surface area contributed by atoms with Gasteiger partial charge in [-0.15, -0.1) is 0 Å². The molecule has 0 aromatic heterocycles. The van der Waals surface area contributed by atoms with Gasteiger partial charge in [0.05, 0.1) is 0 Å². The van der Waals surface area contributed by atoms with Crippen LogP contribution < -0.4 is 0 Å². The first-order valence-electron chi connectivity index (χ1n) is 1.98. The van der Waals surface area contributed by atoms with Crippen molar-refractivity contribution in [3.8, 4) is 12.0 Å². The van der Waals surface area contributed by atoms with E-state index < -0.39 is 0 Å². The predicted octanol–water partition coefficient (Wildman–Crippen LogP) is 0.905. The van der Waals surface area contributed by atoms with Gasteiger partial charge < -0.3 is 4.74 Å². The minimum absolute atomic E-state index is 0.196. The standard InChI is InChI=1S/C5H5BrO2/c1-2-3-8-5(7)4-6/h4H2,1H3. The third kappa shape index (κ3) is 3.69. The van der Waals surface area contributed by atoms with Gasteiger partial charge in [-0.05, 0) is 0 Å². The summed E-state index contributed by atoms with van der Waals surface area (Å²) < 4.78 is 4.29. The molecule has 0 radical (unpaired) electrons. The van der Waals surface area contributed by atoms with Crippen LogP contribution in [0.5, 0.6) is 0 Å². The largest absolute Gasteiger partial charge is 0.372 e. The molecule has 0 rings (SSSR count). The topological polar surface area (TPSA) is 26.3 Å². The van der Waals surface area contributed by atoms with Gasteiger partial charge in [0.25, 0.3) is 0 Å². The minimum atomic E-state index is -0.362. The molecule has 44 valence electrons. The van der Waals surface area contributed by atoms with Gasteiger partial charge in [-0.2, -0.15) is 0 Å². The highest BCUT2D eigenvalue weighted by Gasteiger charge is 1.92. The molecule has 0 saturated heterocycles. The Morgan fingerprint density at radius 3 is 2.88 bits per heavy atom. The van der Waals surface area contributed by atoms with Gasteiger partial charge >= 0.3 is 5.97 Å². The maximum Gasteiger partial charge on any atom is 0.330 e. The lowest BCUT2D eigenvalue weighted by molar-refractivity contribution is -0.133. The Labute approximate surface area is 56.3 Å². The quantitative estimate of drug-likeness (QED) is 0.338. The molecule has 0 N–H and O–H groups in total. The molecule has 0 bridgehead atoms. The second-order valence-corrected chi connectivity index (χ2v) is 1.52. The van der Waals surface area contributed by atoms with Gasteiger partial charge in [0.1, 0.15) is 11.4 Å². The van der Waals surface area contributed by atoms with E-state index in [9.17, 15) is 4.79 Å². The van der Waals surface area contributed by atoms with Crippen LogP contribution in [0.1, 0.15) is 6.92 Å². The van der Waals surface area contributed by atoms with Crippen LogP contribution in [0.2, 0.25) is 0 Å². The molecule has 0 spiro atoms. The number of hydrogen-bond donors (Lipinski definition) is 0. The molecule has 0 amide bonds. The zero-order chi connectivity index (χ0) is 6.41. The molecule has 0 unspecified atom stereocenters. The zero-order valence-corrected chi connectivity index (χ0v) is 5.99. The monoisotopic (exact) mass is 176 g/mol. The van der Waals surface area contributed by atoms with Crippen molar-refractivity contribution in [3.05, 3.63) is 0 Å². The van der Waals surface area contributed by atoms with Crippen LogP contribution >= 0.6 is 15.9 Å². The van der Waals surface area contributed by atoms with Crippen LogP contribution in [0.25, 0.3) is 0 Å². The van der Waals surface area contributed by atoms with Gasteiger partial charge in [-0.3, -0.25) is 4.79 Å². The molecule has 0 atom stereocenters. The fourth-order valence-corrected chi connectivity index (χ4v) is 0.250. The van der Waals surface area contributed by atoms with Crippen molar-refractivity contribution in [1.29, 1.82) is 0 Å². The highest BCUT2D eigenvalue weighted by atomic mass is 79.9. The lowest BCUT2D eigenvalue weighted by atomic mass is 10.8. The van der Waals surface area contributed by atoms with Crippen LogP contribution in [0.15, 0.2) is 0 Å². The van der Waals surface area contributed by atoms with E-state index in [0.717, 1.165) is 0 Å². The Bertz CT molecular complexity index is 131. The second-order valence-electron chi connectivity index (χ2n) is 0.960. The fraction of sp³-hybridized carbons (Fsp3) is 0.400. The van der Waals surface area contributed by atoms with Crippen molar-refractivity contribution in [3.63, 3.8) is 0 Å². The number of alkyl halides is 1. The average molecular weight is 177 g/mol. The first-order chi connectivity index (χ1) is 3.81. The summed E-state index contributed by atoms with van der Waals surface area (Å²) >= 11 is 2.90. The van der Waals surface area contributed by atoms with Crippen molar-refractivity contribution in [1.82, 2.24) is 0 Å². The summed E-state index contributed by atoms with van der Waals surface area (Å²) in [6.45, 7) is 1.60. The number of ether oxygens (including phenoxy) is 1. The number of rotatable bonds is 1. The molecule has 0 aromatic rings. The number of carbonyl (C=O) groups excluding carboxylic acids is 1. The molecule has 0 heterocycles. The van der Waals surface area contributed by atoms with E-state index >= 15 is 0 Å². The zero-order valence-electron chi connectivity index (χ0n) is 4.40. The highest BCUT2D eigenvalue weighted by molar-refractivity contribution is 9.09. The molecule has 3 heteroatoms. The summed E-state index contributed by atoms with van der Waals surface area (Å²) in [4.78, 5) is 10.2. The molecule has 0 aliphatic heterocycles. The van der Waals surface area contributed by atoms with Crippen molar-refractivity contribution < 1.29 is 9.53 Å². The molecule has 0 aliphatic rings. The van der Waals surface area contributed by atoms with E-state index in [-0.39, 0.29) is 11.3 Å². The lowest BCUT2D eigenvalue weighted by Crippen LogP contribution is -1.99. The summed E-state index contributed by atoms with van der Waals surface area (Å²) in [6.07, 6.45) is 2.17. The van der Waals surface area contributed by atoms with Crippen molar-refractivity contribution in [2.24, 2.45) is 0 Å². The average Bonchev–Trinajstić information content (AvgIpc) is 1.83. The third-order valence-corrected chi connectivity index (χ3v) is 0.834. The predicted molar refractivity (Wildman–Crippen MR) is 33.3 cm³/mol. The molecule has 8 heavy (non-hydrogen) atoms. The van der Waals surface area contributed by atoms with Crippen LogP contribution in [0.3, 0.4) is 0 Å². The minimum Gasteiger partial charge on any atom is -0.372 e. The Morgan fingerprint density at radius 1 is 1.88 bits per heavy atom. The van der Waals surface area contributed by atoms with Crippen molar-refractivity contribution in [2.45, 2.75) is 6.92 Å². The Hall–Kier alpha value is -0.490. The molecular formula is C5H5BrO2. The van der Waals surface area contributed by atoms with E-state index in [0.29, 0.717) is 0 Å². The summed E-state index contributed by atoms with van der Waals surface area (Å²) in [5.74, 6) is 2.06. The summed E-state index contributed by atoms with van der Waals surface area (Å²) in [6, 6.07) is 0. The molecule has 0 saturated carbocycles. The molecule has 0 aromatic carbocycles. The highest BCUT2D eigenvalue weighted by Crippen LogP contribution is 1.81. The smallest absolute Gasteiger partial charge is 0.330 e. The van der Waals surface area contributed by atoms with Gasteiger partial charge in [-0.25, -0.2) is 0 Å². The Kier molecular flexibility index (Phi) is 4.38. The first kappa shape index (κ1) is 7.51. The van der Waals surface area contributed by atoms with Crippen LogP contribution in [0, 0.1) is 12.0 Å². The van der Waals surface area contributed by atoms with Crippen LogP contribution in [-0.2, 0) is 9.53 Å². The van der Waals surface area contributed by atoms with Gasteiger partial charge in [0.15, 0.2) is 0 Å². The molecule has 2 nitrogen and oxygen atoms in total. The first-order valence-corrected chi connectivity index (χ1v) is 3.10. The third-order valence-electron chi connectivity index (χ3n) is 0.376. The maximum atomic E-state index is 10.2. The lowest BCUT2D eigenvalue weighted by Gasteiger charge is -1.84. The Balaban J connectivity index is 3.35. The summed E-state index contributed by atoms with van der Waals surface area (Å²) in [5, 5.41) is 0.196. The number of carbonyl (C=O) groups is 1. The van der Waals surface area contributed by atoms with E-state index in [1.807, 2.05) is 0 Å². The van der Waals surface area contributed by atoms with E-state index in [1.165, 1.54) is 0 Å². The Morgan fingerprint density at radius 2 is 2.50 bits per heavy atom. The van der Waals surface area contributed by atoms with Gasteiger partial charge in [0, 0.05) is 6.92 Å². The number of halogens is 1. The van der Waals surface area contributed by atoms with E-state index in [2.05, 4.69) is 32.7 Å². The molecule has 0 aliphatic carbocycles. The normalized spacial score (nSPS) is 6.75. The molecule has 0 fully saturated rings. The molecular weight excluding hydrogens is 172 g/mol. The van der Waals surface area contributed by atoms with Crippen molar-refractivity contribution >= 4 is 21.9 Å². The SMILES string of the molecule is CC#COC(=O)CBr. The van der Waals surface area contributed by atoms with Crippen molar-refractivity contribution in [2.75, 3.05) is 5.33 Å². The van der Waals surface area contributed by atoms with Crippen LogP contribution in [-0.4, -0.2) is 11.3 Å². The van der Waals surface area contributed by atoms with Crippen LogP contribution in [0.4, 0.5) is 0 Å².